The van der Waals surface area contributed by atoms with Crippen LogP contribution in [0.5, 0.6) is 0 Å². The number of hydrogen-bond acceptors (Lipinski definition) is 3. The summed E-state index contributed by atoms with van der Waals surface area (Å²) in [6, 6.07) is 9.81. The molecule has 4 heteroatoms. The van der Waals surface area contributed by atoms with Gasteiger partial charge in [-0.3, -0.25) is 9.78 Å². The third kappa shape index (κ3) is 3.09. The Morgan fingerprint density at radius 1 is 1.24 bits per heavy atom. The van der Waals surface area contributed by atoms with Gasteiger partial charge in [0.2, 0.25) is 5.91 Å². The topological polar surface area (TPSA) is 33.2 Å². The maximum atomic E-state index is 11.9. The van der Waals surface area contributed by atoms with Crippen molar-refractivity contribution in [2.75, 3.05) is 17.7 Å². The first kappa shape index (κ1) is 13.7. The SMILES string of the molecule is CN1C(=O)CCSc2ccc(C#Cc3cccnc3)cc21. The van der Waals surface area contributed by atoms with Crippen LogP contribution in [0, 0.1) is 11.8 Å². The highest BCUT2D eigenvalue weighted by Gasteiger charge is 2.19. The summed E-state index contributed by atoms with van der Waals surface area (Å²) in [6.45, 7) is 0. The second-order valence-corrected chi connectivity index (χ2v) is 5.86. The van der Waals surface area contributed by atoms with Crippen LogP contribution in [0.3, 0.4) is 0 Å². The van der Waals surface area contributed by atoms with Crippen LogP contribution in [-0.2, 0) is 4.79 Å². The monoisotopic (exact) mass is 294 g/mol. The molecule has 0 aliphatic carbocycles. The molecule has 1 aliphatic rings. The van der Waals surface area contributed by atoms with Crippen molar-refractivity contribution < 1.29 is 4.79 Å². The predicted octanol–water partition coefficient (Wildman–Crippen LogP) is 2.94. The molecule has 2 heterocycles. The summed E-state index contributed by atoms with van der Waals surface area (Å²) < 4.78 is 0. The van der Waals surface area contributed by atoms with Crippen LogP contribution in [0.2, 0.25) is 0 Å². The lowest BCUT2D eigenvalue weighted by Gasteiger charge is -2.17. The van der Waals surface area contributed by atoms with Crippen LogP contribution in [0.25, 0.3) is 0 Å². The fraction of sp³-hybridized carbons (Fsp3) is 0.176. The molecule has 0 fully saturated rings. The minimum Gasteiger partial charge on any atom is -0.314 e. The van der Waals surface area contributed by atoms with E-state index in [1.54, 1.807) is 29.1 Å². The Kier molecular flexibility index (Phi) is 3.94. The number of thioether (sulfide) groups is 1. The van der Waals surface area contributed by atoms with E-state index in [1.807, 2.05) is 37.4 Å². The molecule has 1 aromatic heterocycles. The van der Waals surface area contributed by atoms with Crippen LogP contribution in [0.15, 0.2) is 47.6 Å². The Balaban J connectivity index is 1.94. The molecule has 3 rings (SSSR count). The largest absolute Gasteiger partial charge is 0.314 e. The van der Waals surface area contributed by atoms with Gasteiger partial charge in [0.05, 0.1) is 5.69 Å². The number of aromatic nitrogens is 1. The molecular weight excluding hydrogens is 280 g/mol. The van der Waals surface area contributed by atoms with Crippen molar-refractivity contribution in [3.8, 4) is 11.8 Å². The molecule has 1 aliphatic heterocycles. The fourth-order valence-corrected chi connectivity index (χ4v) is 3.12. The van der Waals surface area contributed by atoms with Crippen molar-refractivity contribution in [3.05, 3.63) is 53.9 Å². The molecule has 1 aromatic carbocycles. The van der Waals surface area contributed by atoms with E-state index in [2.05, 4.69) is 16.8 Å². The number of nitrogens with zero attached hydrogens (tertiary/aromatic N) is 2. The zero-order valence-corrected chi connectivity index (χ0v) is 12.5. The Labute approximate surface area is 128 Å². The third-order valence-corrected chi connectivity index (χ3v) is 4.35. The molecule has 0 atom stereocenters. The van der Waals surface area contributed by atoms with Crippen LogP contribution in [0.4, 0.5) is 5.69 Å². The van der Waals surface area contributed by atoms with Gasteiger partial charge in [0.15, 0.2) is 0 Å². The zero-order valence-electron chi connectivity index (χ0n) is 11.7. The van der Waals surface area contributed by atoms with Crippen molar-refractivity contribution in [2.45, 2.75) is 11.3 Å². The Bertz CT molecular complexity index is 731. The summed E-state index contributed by atoms with van der Waals surface area (Å²) in [5, 5.41) is 0. The fourth-order valence-electron chi connectivity index (χ4n) is 2.11. The molecular formula is C17H14N2OS. The Morgan fingerprint density at radius 3 is 2.90 bits per heavy atom. The first-order chi connectivity index (χ1) is 10.2. The van der Waals surface area contributed by atoms with Gasteiger partial charge in [-0.15, -0.1) is 11.8 Å². The standard InChI is InChI=1S/C17H14N2OS/c1-19-15-11-13(4-5-14-3-2-9-18-12-14)6-7-16(15)21-10-8-17(19)20/h2-3,6-7,9,11-12H,8,10H2,1H3. The van der Waals surface area contributed by atoms with Gasteiger partial charge in [0.1, 0.15) is 0 Å². The molecule has 104 valence electrons. The second kappa shape index (κ2) is 6.02. The van der Waals surface area contributed by atoms with E-state index in [0.29, 0.717) is 6.42 Å². The van der Waals surface area contributed by atoms with E-state index >= 15 is 0 Å². The van der Waals surface area contributed by atoms with Gasteiger partial charge >= 0.3 is 0 Å². The highest BCUT2D eigenvalue weighted by Crippen LogP contribution is 2.34. The normalized spacial score (nSPS) is 14.0. The number of carbonyl (C=O) groups is 1. The van der Waals surface area contributed by atoms with Crippen molar-refractivity contribution in [2.24, 2.45) is 0 Å². The molecule has 0 saturated heterocycles. The van der Waals surface area contributed by atoms with E-state index in [9.17, 15) is 4.79 Å². The first-order valence-corrected chi connectivity index (χ1v) is 7.68. The van der Waals surface area contributed by atoms with Crippen LogP contribution < -0.4 is 4.90 Å². The number of fused-ring (bicyclic) bond motifs is 1. The van der Waals surface area contributed by atoms with E-state index in [1.165, 1.54) is 0 Å². The minimum atomic E-state index is 0.151. The molecule has 0 saturated carbocycles. The van der Waals surface area contributed by atoms with Crippen LogP contribution >= 0.6 is 11.8 Å². The Morgan fingerprint density at radius 2 is 2.10 bits per heavy atom. The lowest BCUT2D eigenvalue weighted by Crippen LogP contribution is -2.25. The molecule has 21 heavy (non-hydrogen) atoms. The number of rotatable bonds is 0. The number of anilines is 1. The highest BCUT2D eigenvalue weighted by molar-refractivity contribution is 7.99. The lowest BCUT2D eigenvalue weighted by atomic mass is 10.1. The average Bonchev–Trinajstić information content (AvgIpc) is 2.66. The molecule has 3 nitrogen and oxygen atoms in total. The van der Waals surface area contributed by atoms with Gasteiger partial charge in [-0.1, -0.05) is 11.8 Å². The van der Waals surface area contributed by atoms with Crippen molar-refractivity contribution in [1.82, 2.24) is 4.98 Å². The molecule has 0 bridgehead atoms. The summed E-state index contributed by atoms with van der Waals surface area (Å²) in [4.78, 5) is 18.8. The van der Waals surface area contributed by atoms with E-state index < -0.39 is 0 Å². The summed E-state index contributed by atoms with van der Waals surface area (Å²) in [5.74, 6) is 7.20. The van der Waals surface area contributed by atoms with Crippen molar-refractivity contribution in [1.29, 1.82) is 0 Å². The van der Waals surface area contributed by atoms with Gasteiger partial charge < -0.3 is 4.90 Å². The second-order valence-electron chi connectivity index (χ2n) is 4.73. The predicted molar refractivity (Wildman–Crippen MR) is 85.4 cm³/mol. The van der Waals surface area contributed by atoms with E-state index in [4.69, 9.17) is 0 Å². The molecule has 0 unspecified atom stereocenters. The molecule has 1 amide bonds. The zero-order chi connectivity index (χ0) is 14.7. The van der Waals surface area contributed by atoms with Gasteiger partial charge in [0.25, 0.3) is 0 Å². The average molecular weight is 294 g/mol. The van der Waals surface area contributed by atoms with Crippen molar-refractivity contribution in [3.63, 3.8) is 0 Å². The summed E-state index contributed by atoms with van der Waals surface area (Å²) in [7, 11) is 1.82. The molecule has 0 N–H and O–H groups in total. The number of carbonyl (C=O) groups excluding carboxylic acids is 1. The summed E-state index contributed by atoms with van der Waals surface area (Å²) in [6.07, 6.45) is 4.04. The maximum Gasteiger partial charge on any atom is 0.227 e. The van der Waals surface area contributed by atoms with Crippen LogP contribution in [0.1, 0.15) is 17.5 Å². The van der Waals surface area contributed by atoms with Gasteiger partial charge in [-0.05, 0) is 30.3 Å². The number of pyridine rings is 1. The summed E-state index contributed by atoms with van der Waals surface area (Å²) in [5.41, 5.74) is 2.73. The highest BCUT2D eigenvalue weighted by atomic mass is 32.2. The van der Waals surface area contributed by atoms with Gasteiger partial charge in [-0.2, -0.15) is 0 Å². The Hall–Kier alpha value is -2.25. The van der Waals surface area contributed by atoms with E-state index in [0.717, 1.165) is 27.5 Å². The minimum absolute atomic E-state index is 0.151. The third-order valence-electron chi connectivity index (χ3n) is 3.28. The smallest absolute Gasteiger partial charge is 0.227 e. The number of amides is 1. The first-order valence-electron chi connectivity index (χ1n) is 6.69. The van der Waals surface area contributed by atoms with Gasteiger partial charge in [-0.25, -0.2) is 0 Å². The van der Waals surface area contributed by atoms with Gasteiger partial charge in [0, 0.05) is 47.6 Å². The summed E-state index contributed by atoms with van der Waals surface area (Å²) >= 11 is 1.72. The number of benzene rings is 1. The van der Waals surface area contributed by atoms with Crippen LogP contribution in [-0.4, -0.2) is 23.7 Å². The maximum absolute atomic E-state index is 11.9. The quantitative estimate of drug-likeness (QED) is 0.700. The van der Waals surface area contributed by atoms with Crippen molar-refractivity contribution >= 4 is 23.4 Å². The lowest BCUT2D eigenvalue weighted by molar-refractivity contribution is -0.117. The number of hydrogen-bond donors (Lipinski definition) is 0. The molecule has 0 radical (unpaired) electrons. The molecule has 0 spiro atoms. The molecule has 2 aromatic rings. The van der Waals surface area contributed by atoms with E-state index in [-0.39, 0.29) is 5.91 Å².